The number of allylic oxidation sites excluding steroid dienone is 1. The van der Waals surface area contributed by atoms with Gasteiger partial charge in [-0.1, -0.05) is 6.58 Å². The lowest BCUT2D eigenvalue weighted by Gasteiger charge is -2.36. The highest BCUT2D eigenvalue weighted by atomic mass is 19.2. The third-order valence-electron chi connectivity index (χ3n) is 7.16. The Morgan fingerprint density at radius 1 is 1.17 bits per heavy atom. The molecule has 0 radical (unpaired) electrons. The normalized spacial score (nSPS) is 20.7. The van der Waals surface area contributed by atoms with Crippen LogP contribution in [0.1, 0.15) is 25.3 Å². The number of piperazine rings is 1. The van der Waals surface area contributed by atoms with Crippen molar-refractivity contribution in [1.29, 1.82) is 0 Å². The van der Waals surface area contributed by atoms with Crippen molar-refractivity contribution in [2.24, 2.45) is 5.92 Å². The van der Waals surface area contributed by atoms with Gasteiger partial charge < -0.3 is 19.9 Å². The molecule has 1 aliphatic heterocycles. The number of nitrogens with zero attached hydrogens (tertiary/aromatic N) is 6. The number of rotatable bonds is 8. The topological polar surface area (TPSA) is 99.4 Å². The van der Waals surface area contributed by atoms with Gasteiger partial charge in [-0.15, -0.1) is 0 Å². The lowest BCUT2D eigenvalue weighted by atomic mass is 10.0. The number of imidazole rings is 1. The maximum atomic E-state index is 15.0. The third-order valence-corrected chi connectivity index (χ3v) is 7.16. The fourth-order valence-corrected chi connectivity index (χ4v) is 5.14. The molecule has 11 heteroatoms. The van der Waals surface area contributed by atoms with Gasteiger partial charge in [0.15, 0.2) is 23.1 Å². The fourth-order valence-electron chi connectivity index (χ4n) is 5.14. The van der Waals surface area contributed by atoms with Gasteiger partial charge in [0, 0.05) is 44.7 Å². The van der Waals surface area contributed by atoms with Crippen LogP contribution < -0.4 is 10.2 Å². The van der Waals surface area contributed by atoms with Crippen LogP contribution in [0, 0.1) is 17.6 Å². The molecule has 3 aromatic rings. The molecule has 0 bridgehead atoms. The molecule has 2 N–H and O–H groups in total. The van der Waals surface area contributed by atoms with Crippen molar-refractivity contribution in [3.63, 3.8) is 0 Å². The lowest BCUT2D eigenvalue weighted by Crippen LogP contribution is -2.47. The van der Waals surface area contributed by atoms with E-state index in [9.17, 15) is 9.18 Å². The summed E-state index contributed by atoms with van der Waals surface area (Å²) in [5.41, 5.74) is 1.31. The van der Waals surface area contributed by atoms with Crippen LogP contribution in [0.2, 0.25) is 0 Å². The predicted molar refractivity (Wildman–Crippen MR) is 132 cm³/mol. The fraction of sp³-hybridized carbons (Fsp3) is 0.440. The van der Waals surface area contributed by atoms with Crippen LogP contribution in [0.15, 0.2) is 37.3 Å². The first-order valence-corrected chi connectivity index (χ1v) is 12.2. The van der Waals surface area contributed by atoms with Crippen molar-refractivity contribution >= 4 is 34.3 Å². The minimum Gasteiger partial charge on any atom is -0.395 e. The highest BCUT2D eigenvalue weighted by molar-refractivity contribution is 5.91. The van der Waals surface area contributed by atoms with Crippen LogP contribution in [0.25, 0.3) is 11.2 Å². The molecule has 190 valence electrons. The zero-order valence-electron chi connectivity index (χ0n) is 19.9. The second kappa shape index (κ2) is 10.3. The van der Waals surface area contributed by atoms with E-state index in [-0.39, 0.29) is 41.7 Å². The van der Waals surface area contributed by atoms with E-state index in [1.807, 2.05) is 9.47 Å². The monoisotopic (exact) mass is 497 g/mol. The van der Waals surface area contributed by atoms with E-state index >= 15 is 4.39 Å². The maximum absolute atomic E-state index is 15.0. The summed E-state index contributed by atoms with van der Waals surface area (Å²) in [4.78, 5) is 29.0. The second-order valence-electron chi connectivity index (χ2n) is 9.26. The summed E-state index contributed by atoms with van der Waals surface area (Å²) in [7, 11) is 0. The number of β-amino-alcohol motifs (C(OH)–C–C–N with tert-alkyl or cyclic N) is 1. The number of anilines is 3. The number of benzene rings is 1. The molecule has 1 aliphatic carbocycles. The van der Waals surface area contributed by atoms with Crippen molar-refractivity contribution in [3.8, 4) is 0 Å². The van der Waals surface area contributed by atoms with E-state index < -0.39 is 11.6 Å². The number of nitrogens with one attached hydrogen (secondary N) is 1. The predicted octanol–water partition coefficient (Wildman–Crippen LogP) is 3.06. The Morgan fingerprint density at radius 3 is 2.72 bits per heavy atom. The SMILES string of the molecule is C=CC(=O)C1CCC(n2cnc3cnc(Nc4ccc(N5CCN(CCO)CC5)c(F)c4F)nc32)C1. The Balaban J connectivity index is 1.33. The zero-order chi connectivity index (χ0) is 25.2. The summed E-state index contributed by atoms with van der Waals surface area (Å²) in [5.74, 6) is -1.80. The van der Waals surface area contributed by atoms with Crippen molar-refractivity contribution in [1.82, 2.24) is 24.4 Å². The highest BCUT2D eigenvalue weighted by Crippen LogP contribution is 2.37. The molecule has 2 aromatic heterocycles. The summed E-state index contributed by atoms with van der Waals surface area (Å²) in [6, 6.07) is 3.11. The first-order chi connectivity index (χ1) is 17.5. The molecule has 1 saturated heterocycles. The van der Waals surface area contributed by atoms with Crippen LogP contribution in [0.4, 0.5) is 26.1 Å². The number of halogens is 2. The molecule has 5 rings (SSSR count). The minimum absolute atomic E-state index is 0.0480. The Morgan fingerprint density at radius 2 is 1.97 bits per heavy atom. The Bertz CT molecular complexity index is 1270. The largest absolute Gasteiger partial charge is 0.395 e. The molecule has 2 atom stereocenters. The molecule has 36 heavy (non-hydrogen) atoms. The summed E-state index contributed by atoms with van der Waals surface area (Å²) in [5, 5.41) is 11.9. The van der Waals surface area contributed by atoms with E-state index in [0.29, 0.717) is 50.3 Å². The first kappa shape index (κ1) is 24.3. The number of aliphatic hydroxyl groups excluding tert-OH is 1. The van der Waals surface area contributed by atoms with Gasteiger partial charge in [0.05, 0.1) is 30.5 Å². The molecular formula is C25H29F2N7O2. The minimum atomic E-state index is -0.996. The number of ketones is 1. The number of fused-ring (bicyclic) bond motifs is 1. The molecule has 9 nitrogen and oxygen atoms in total. The second-order valence-corrected chi connectivity index (χ2v) is 9.26. The zero-order valence-corrected chi connectivity index (χ0v) is 19.9. The number of aromatic nitrogens is 4. The summed E-state index contributed by atoms with van der Waals surface area (Å²) < 4.78 is 31.9. The summed E-state index contributed by atoms with van der Waals surface area (Å²) in [6.45, 7) is 6.68. The Hall–Kier alpha value is -3.44. The maximum Gasteiger partial charge on any atom is 0.229 e. The van der Waals surface area contributed by atoms with Gasteiger partial charge in [-0.3, -0.25) is 9.69 Å². The molecule has 1 aromatic carbocycles. The quantitative estimate of drug-likeness (QED) is 0.458. The molecular weight excluding hydrogens is 468 g/mol. The van der Waals surface area contributed by atoms with Crippen LogP contribution in [0.3, 0.4) is 0 Å². The summed E-state index contributed by atoms with van der Waals surface area (Å²) in [6.07, 6.45) is 6.87. The Labute approximate surface area is 207 Å². The van der Waals surface area contributed by atoms with Gasteiger partial charge in [0.2, 0.25) is 5.95 Å². The number of hydrogen-bond acceptors (Lipinski definition) is 8. The van der Waals surface area contributed by atoms with Crippen LogP contribution in [-0.4, -0.2) is 74.6 Å². The summed E-state index contributed by atoms with van der Waals surface area (Å²) >= 11 is 0. The van der Waals surface area contributed by atoms with Gasteiger partial charge in [-0.05, 0) is 37.5 Å². The molecule has 2 unspecified atom stereocenters. The number of hydrogen-bond donors (Lipinski definition) is 2. The van der Waals surface area contributed by atoms with Gasteiger partial charge in [-0.25, -0.2) is 18.7 Å². The van der Waals surface area contributed by atoms with Crippen molar-refractivity contribution in [3.05, 3.63) is 48.9 Å². The van der Waals surface area contributed by atoms with Crippen molar-refractivity contribution in [2.75, 3.05) is 49.5 Å². The van der Waals surface area contributed by atoms with E-state index in [1.165, 1.54) is 18.3 Å². The molecule has 2 fully saturated rings. The average molecular weight is 498 g/mol. The lowest BCUT2D eigenvalue weighted by molar-refractivity contribution is -0.118. The van der Waals surface area contributed by atoms with E-state index in [0.717, 1.165) is 12.8 Å². The van der Waals surface area contributed by atoms with Crippen LogP contribution in [0.5, 0.6) is 0 Å². The van der Waals surface area contributed by atoms with Gasteiger partial charge >= 0.3 is 0 Å². The van der Waals surface area contributed by atoms with Gasteiger partial charge in [-0.2, -0.15) is 4.98 Å². The van der Waals surface area contributed by atoms with E-state index in [1.54, 1.807) is 12.4 Å². The number of aliphatic hydroxyl groups is 1. The molecule has 0 spiro atoms. The average Bonchev–Trinajstić information content (AvgIpc) is 3.54. The van der Waals surface area contributed by atoms with Gasteiger partial charge in [0.1, 0.15) is 5.52 Å². The first-order valence-electron chi connectivity index (χ1n) is 12.2. The smallest absolute Gasteiger partial charge is 0.229 e. The standard InChI is InChI=1S/C25H29F2N7O2/c1-2-21(36)16-3-4-17(13-16)34-15-29-19-14-28-25(31-24(19)34)30-18-5-6-20(23(27)22(18)26)33-9-7-32(8-10-33)11-12-35/h2,5-6,14-17,35H,1,3-4,7-13H2,(H,28,30,31). The Kier molecular flexibility index (Phi) is 6.92. The molecule has 2 aliphatic rings. The van der Waals surface area contributed by atoms with E-state index in [4.69, 9.17) is 5.11 Å². The van der Waals surface area contributed by atoms with Gasteiger partial charge in [0.25, 0.3) is 0 Å². The molecule has 3 heterocycles. The van der Waals surface area contributed by atoms with Crippen molar-refractivity contribution < 1.29 is 18.7 Å². The van der Waals surface area contributed by atoms with Crippen molar-refractivity contribution in [2.45, 2.75) is 25.3 Å². The number of carbonyl (C=O) groups excluding carboxylic acids is 1. The van der Waals surface area contributed by atoms with E-state index in [2.05, 4.69) is 31.7 Å². The van der Waals surface area contributed by atoms with Crippen LogP contribution in [-0.2, 0) is 4.79 Å². The van der Waals surface area contributed by atoms with Crippen LogP contribution >= 0.6 is 0 Å². The third kappa shape index (κ3) is 4.68. The highest BCUT2D eigenvalue weighted by Gasteiger charge is 2.30. The number of carbonyl (C=O) groups is 1. The molecule has 0 amide bonds. The molecule has 1 saturated carbocycles.